The van der Waals surface area contributed by atoms with E-state index in [9.17, 15) is 14.7 Å². The number of piperidine rings is 1. The summed E-state index contributed by atoms with van der Waals surface area (Å²) in [6, 6.07) is 25.8. The molecule has 0 bridgehead atoms. The van der Waals surface area contributed by atoms with Gasteiger partial charge in [0.05, 0.1) is 11.0 Å². The number of nitrogens with zero attached hydrogens (tertiary/aromatic N) is 3. The highest BCUT2D eigenvalue weighted by Gasteiger charge is 2.33. The van der Waals surface area contributed by atoms with Crippen LogP contribution < -0.4 is 5.69 Å². The molecule has 1 aliphatic heterocycles. The maximum Gasteiger partial charge on any atom is 0.407 e. The van der Waals surface area contributed by atoms with Gasteiger partial charge in [-0.1, -0.05) is 66.2 Å². The van der Waals surface area contributed by atoms with Crippen molar-refractivity contribution in [3.05, 3.63) is 105 Å². The van der Waals surface area contributed by atoms with Crippen LogP contribution in [-0.4, -0.2) is 49.7 Å². The first kappa shape index (κ1) is 26.1. The number of aromatic amines is 1. The van der Waals surface area contributed by atoms with E-state index in [0.717, 1.165) is 54.1 Å². The van der Waals surface area contributed by atoms with Gasteiger partial charge in [0.25, 0.3) is 0 Å². The Bertz CT molecular complexity index is 1430. The Labute approximate surface area is 227 Å². The summed E-state index contributed by atoms with van der Waals surface area (Å²) in [4.78, 5) is 31.8. The number of carbonyl (C=O) groups is 1. The Hall–Kier alpha value is -3.55. The van der Waals surface area contributed by atoms with Crippen molar-refractivity contribution in [2.75, 3.05) is 13.1 Å². The molecule has 7 nitrogen and oxygen atoms in total. The number of halogens is 1. The van der Waals surface area contributed by atoms with Crippen LogP contribution in [0.2, 0.25) is 5.02 Å². The molecule has 1 aliphatic rings. The summed E-state index contributed by atoms with van der Waals surface area (Å²) < 4.78 is 1.82. The van der Waals surface area contributed by atoms with E-state index < -0.39 is 6.09 Å². The number of amides is 1. The second-order valence-electron chi connectivity index (χ2n) is 10.1. The molecular weight excluding hydrogens is 500 g/mol. The lowest BCUT2D eigenvalue weighted by Gasteiger charge is -2.38. The van der Waals surface area contributed by atoms with Crippen LogP contribution in [0.4, 0.5) is 4.79 Å². The average Bonchev–Trinajstić information content (AvgIpc) is 3.24. The van der Waals surface area contributed by atoms with Crippen molar-refractivity contribution >= 4 is 28.7 Å². The minimum atomic E-state index is -0.889. The van der Waals surface area contributed by atoms with Crippen LogP contribution in [0, 0.1) is 0 Å². The van der Waals surface area contributed by atoms with E-state index in [1.165, 1.54) is 5.56 Å². The fraction of sp³-hybridized carbons (Fsp3) is 0.333. The number of benzene rings is 3. The number of fused-ring (bicyclic) bond motifs is 1. The van der Waals surface area contributed by atoms with Crippen molar-refractivity contribution in [2.24, 2.45) is 0 Å². The molecule has 2 atom stereocenters. The van der Waals surface area contributed by atoms with E-state index in [4.69, 9.17) is 11.6 Å². The zero-order valence-electron chi connectivity index (χ0n) is 21.3. The first-order valence-electron chi connectivity index (χ1n) is 13.2. The molecule has 5 rings (SSSR count). The molecular formula is C30H33ClN4O3. The summed E-state index contributed by atoms with van der Waals surface area (Å²) in [6.45, 7) is 2.81. The van der Waals surface area contributed by atoms with Crippen LogP contribution in [0.25, 0.3) is 11.0 Å². The Morgan fingerprint density at radius 3 is 2.53 bits per heavy atom. The molecule has 4 aromatic rings. The molecule has 0 radical (unpaired) electrons. The lowest BCUT2D eigenvalue weighted by molar-refractivity contribution is 0.0853. The standard InChI is InChI=1S/C30H33ClN4O3/c31-24-11-6-10-23(18-24)21-33(20-22-8-2-1-3-9-22)16-7-12-25-19-26(15-17-34(25)30(37)38)35-28-14-5-4-13-27(28)32-29(35)36/h1-6,8-11,13-14,18,25-26H,7,12,15-17,19-21H2,(H,32,36)(H,37,38)/t25-,26?/m0/s1. The first-order chi connectivity index (χ1) is 18.5. The number of aromatic nitrogens is 2. The molecule has 3 aromatic carbocycles. The van der Waals surface area contributed by atoms with Crippen LogP contribution in [0.15, 0.2) is 83.7 Å². The fourth-order valence-electron chi connectivity index (χ4n) is 5.73. The van der Waals surface area contributed by atoms with Crippen molar-refractivity contribution < 1.29 is 9.90 Å². The van der Waals surface area contributed by atoms with Crippen molar-refractivity contribution in [2.45, 2.75) is 50.9 Å². The Morgan fingerprint density at radius 1 is 1.00 bits per heavy atom. The van der Waals surface area contributed by atoms with Gasteiger partial charge in [0.1, 0.15) is 0 Å². The van der Waals surface area contributed by atoms with Crippen molar-refractivity contribution in [3.63, 3.8) is 0 Å². The van der Waals surface area contributed by atoms with Crippen LogP contribution in [0.5, 0.6) is 0 Å². The van der Waals surface area contributed by atoms with Gasteiger partial charge in [-0.15, -0.1) is 0 Å². The smallest absolute Gasteiger partial charge is 0.407 e. The van der Waals surface area contributed by atoms with E-state index in [0.29, 0.717) is 19.4 Å². The Balaban J connectivity index is 1.29. The predicted octanol–water partition coefficient (Wildman–Crippen LogP) is 6.15. The van der Waals surface area contributed by atoms with Gasteiger partial charge in [-0.3, -0.25) is 9.47 Å². The third kappa shape index (κ3) is 6.11. The number of imidazole rings is 1. The van der Waals surface area contributed by atoms with Gasteiger partial charge in [-0.05, 0) is 67.6 Å². The molecule has 1 saturated heterocycles. The molecule has 2 heterocycles. The molecule has 8 heteroatoms. The average molecular weight is 533 g/mol. The van der Waals surface area contributed by atoms with Crippen LogP contribution in [-0.2, 0) is 13.1 Å². The lowest BCUT2D eigenvalue weighted by Crippen LogP contribution is -2.47. The monoisotopic (exact) mass is 532 g/mol. The van der Waals surface area contributed by atoms with Crippen LogP contribution in [0.1, 0.15) is 42.9 Å². The molecule has 198 valence electrons. The zero-order valence-corrected chi connectivity index (χ0v) is 22.1. The molecule has 1 amide bonds. The van der Waals surface area contributed by atoms with Crippen LogP contribution in [0.3, 0.4) is 0 Å². The number of hydrogen-bond donors (Lipinski definition) is 2. The quantitative estimate of drug-likeness (QED) is 0.271. The number of likely N-dealkylation sites (tertiary alicyclic amines) is 1. The summed E-state index contributed by atoms with van der Waals surface area (Å²) in [5.41, 5.74) is 3.94. The summed E-state index contributed by atoms with van der Waals surface area (Å²) >= 11 is 6.24. The third-order valence-corrected chi connectivity index (χ3v) is 7.71. The van der Waals surface area contributed by atoms with E-state index in [1.54, 1.807) is 4.90 Å². The van der Waals surface area contributed by atoms with E-state index in [2.05, 4.69) is 28.1 Å². The fourth-order valence-corrected chi connectivity index (χ4v) is 5.94. The molecule has 1 aromatic heterocycles. The first-order valence-corrected chi connectivity index (χ1v) is 13.6. The number of hydrogen-bond acceptors (Lipinski definition) is 3. The Kier molecular flexibility index (Phi) is 8.15. The molecule has 1 unspecified atom stereocenters. The summed E-state index contributed by atoms with van der Waals surface area (Å²) in [5.74, 6) is 0. The highest BCUT2D eigenvalue weighted by atomic mass is 35.5. The number of carboxylic acid groups (broad SMARTS) is 1. The highest BCUT2D eigenvalue weighted by Crippen LogP contribution is 2.31. The molecule has 0 aliphatic carbocycles. The van der Waals surface area contributed by atoms with Crippen molar-refractivity contribution in [1.82, 2.24) is 19.4 Å². The number of para-hydroxylation sites is 2. The molecule has 1 fully saturated rings. The van der Waals surface area contributed by atoms with E-state index >= 15 is 0 Å². The Morgan fingerprint density at radius 2 is 1.74 bits per heavy atom. The van der Waals surface area contributed by atoms with Gasteiger partial charge in [-0.25, -0.2) is 9.59 Å². The number of H-pyrrole nitrogens is 1. The maximum atomic E-state index is 12.8. The molecule has 38 heavy (non-hydrogen) atoms. The topological polar surface area (TPSA) is 81.6 Å². The maximum absolute atomic E-state index is 12.8. The summed E-state index contributed by atoms with van der Waals surface area (Å²) in [5, 5.41) is 10.6. The van der Waals surface area contributed by atoms with Crippen molar-refractivity contribution in [1.29, 1.82) is 0 Å². The second kappa shape index (κ2) is 11.9. The minimum absolute atomic E-state index is 0.0360. The predicted molar refractivity (Wildman–Crippen MR) is 151 cm³/mol. The summed E-state index contributed by atoms with van der Waals surface area (Å²) in [7, 11) is 0. The van der Waals surface area contributed by atoms with Gasteiger partial charge in [-0.2, -0.15) is 0 Å². The molecule has 2 N–H and O–H groups in total. The number of rotatable bonds is 9. The SMILES string of the molecule is O=C(O)N1CCC(n2c(=O)[nH]c3ccccc32)C[C@@H]1CCCN(Cc1ccccc1)Cc1cccc(Cl)c1. The minimum Gasteiger partial charge on any atom is -0.465 e. The van der Waals surface area contributed by atoms with Gasteiger partial charge in [0, 0.05) is 36.7 Å². The van der Waals surface area contributed by atoms with Crippen molar-refractivity contribution in [3.8, 4) is 0 Å². The van der Waals surface area contributed by atoms with Gasteiger partial charge in [0.2, 0.25) is 0 Å². The second-order valence-corrected chi connectivity index (χ2v) is 10.5. The van der Waals surface area contributed by atoms with Gasteiger partial charge in [0.15, 0.2) is 0 Å². The normalized spacial score (nSPS) is 17.8. The molecule has 0 saturated carbocycles. The van der Waals surface area contributed by atoms with Gasteiger partial charge < -0.3 is 15.0 Å². The van der Waals surface area contributed by atoms with E-state index in [-0.39, 0.29) is 17.8 Å². The summed E-state index contributed by atoms with van der Waals surface area (Å²) in [6.07, 6.45) is 1.94. The highest BCUT2D eigenvalue weighted by molar-refractivity contribution is 6.30. The lowest BCUT2D eigenvalue weighted by atomic mass is 9.93. The zero-order chi connectivity index (χ0) is 26.5. The largest absolute Gasteiger partial charge is 0.465 e. The number of nitrogens with one attached hydrogen (secondary N) is 1. The third-order valence-electron chi connectivity index (χ3n) is 7.48. The van der Waals surface area contributed by atoms with E-state index in [1.807, 2.05) is 65.2 Å². The van der Waals surface area contributed by atoms with Crippen LogP contribution >= 0.6 is 11.6 Å². The van der Waals surface area contributed by atoms with Gasteiger partial charge >= 0.3 is 11.8 Å². The molecule has 0 spiro atoms.